The first-order chi connectivity index (χ1) is 26.1. The van der Waals surface area contributed by atoms with Crippen molar-refractivity contribution in [3.8, 4) is 0 Å². The van der Waals surface area contributed by atoms with E-state index in [9.17, 15) is 18.7 Å². The topological polar surface area (TPSA) is 124 Å². The summed E-state index contributed by atoms with van der Waals surface area (Å²) in [5.74, 6) is -0.458. The minimum atomic E-state index is -3.80. The highest BCUT2D eigenvalue weighted by Crippen LogP contribution is 2.53. The second kappa shape index (κ2) is 21.5. The maximum absolute atomic E-state index is 13.1. The Morgan fingerprint density at radius 3 is 1.12 bits per heavy atom. The standard InChI is InChI=1S/C44H62O10P2/c1-31(21-17-23-33(3)25-27-37-35(5)41(45)39(29-43(37,7)8)53-55(47,49-11)50-12)19-15-16-20-32(2)22-18-24-34(4)26-28-38-36(6)42(46)40(30-44(38,9)10)54-56(48,51-13)52-14/h15-28,39-40H,29-30H2,1-14H3. The zero-order chi connectivity index (χ0) is 42.5. The first kappa shape index (κ1) is 48.8. The summed E-state index contributed by atoms with van der Waals surface area (Å²) in [6, 6.07) is 0. The fourth-order valence-corrected chi connectivity index (χ4v) is 7.98. The van der Waals surface area contributed by atoms with E-state index < -0.39 is 38.7 Å². The van der Waals surface area contributed by atoms with Gasteiger partial charge < -0.3 is 0 Å². The molecule has 0 aliphatic heterocycles. The average molecular weight is 813 g/mol. The van der Waals surface area contributed by atoms with Crippen LogP contribution in [0.4, 0.5) is 0 Å². The van der Waals surface area contributed by atoms with E-state index in [2.05, 4.69) is 0 Å². The molecular weight excluding hydrogens is 750 g/mol. The van der Waals surface area contributed by atoms with Gasteiger partial charge in [-0.1, -0.05) is 135 Å². The third-order valence-electron chi connectivity index (χ3n) is 9.68. The van der Waals surface area contributed by atoms with Crippen LogP contribution in [-0.4, -0.2) is 52.2 Å². The van der Waals surface area contributed by atoms with Gasteiger partial charge in [0.25, 0.3) is 0 Å². The van der Waals surface area contributed by atoms with Crippen LogP contribution in [0.5, 0.6) is 0 Å². The van der Waals surface area contributed by atoms with Gasteiger partial charge in [-0.2, -0.15) is 0 Å². The Morgan fingerprint density at radius 2 is 0.821 bits per heavy atom. The summed E-state index contributed by atoms with van der Waals surface area (Å²) in [5.41, 5.74) is 6.34. The molecule has 56 heavy (non-hydrogen) atoms. The van der Waals surface area contributed by atoms with Gasteiger partial charge in [0.05, 0.1) is 0 Å². The molecular formula is C44H62O10P2. The molecule has 0 amide bonds. The maximum atomic E-state index is 13.1. The van der Waals surface area contributed by atoms with Gasteiger partial charge in [-0.3, -0.25) is 36.7 Å². The van der Waals surface area contributed by atoms with Crippen molar-refractivity contribution >= 4 is 27.2 Å². The van der Waals surface area contributed by atoms with Crippen molar-refractivity contribution in [2.45, 2.75) is 94.3 Å². The quantitative estimate of drug-likeness (QED) is 0.0976. The average Bonchev–Trinajstić information content (AvgIpc) is 3.13. The van der Waals surface area contributed by atoms with E-state index in [1.165, 1.54) is 28.4 Å². The molecule has 0 aromatic rings. The fraction of sp³-hybridized carbons (Fsp3) is 0.455. The normalized spacial score (nSPS) is 22.5. The van der Waals surface area contributed by atoms with E-state index in [-0.39, 0.29) is 11.6 Å². The number of rotatable bonds is 18. The first-order valence-electron chi connectivity index (χ1n) is 18.5. The minimum Gasteiger partial charge on any atom is -0.292 e. The minimum absolute atomic E-state index is 0.229. The van der Waals surface area contributed by atoms with E-state index in [4.69, 9.17) is 27.1 Å². The summed E-state index contributed by atoms with van der Waals surface area (Å²) in [6.07, 6.45) is 26.9. The predicted molar refractivity (Wildman–Crippen MR) is 226 cm³/mol. The molecule has 308 valence electrons. The summed E-state index contributed by atoms with van der Waals surface area (Å²) >= 11 is 0. The maximum Gasteiger partial charge on any atom is 0.474 e. The van der Waals surface area contributed by atoms with E-state index >= 15 is 0 Å². The molecule has 0 heterocycles. The highest BCUT2D eigenvalue weighted by atomic mass is 31.2. The summed E-state index contributed by atoms with van der Waals surface area (Å²) in [5, 5.41) is 0. The smallest absolute Gasteiger partial charge is 0.292 e. The lowest BCUT2D eigenvalue weighted by Crippen LogP contribution is -2.37. The van der Waals surface area contributed by atoms with Crippen molar-refractivity contribution in [1.82, 2.24) is 0 Å². The summed E-state index contributed by atoms with van der Waals surface area (Å²) in [6.45, 7) is 19.7. The molecule has 2 aliphatic carbocycles. The number of allylic oxidation sites excluding steroid dienone is 20. The van der Waals surface area contributed by atoms with Crippen molar-refractivity contribution in [2.24, 2.45) is 10.8 Å². The molecule has 10 nitrogen and oxygen atoms in total. The second-order valence-electron chi connectivity index (χ2n) is 15.2. The van der Waals surface area contributed by atoms with E-state index in [0.29, 0.717) is 24.0 Å². The van der Waals surface area contributed by atoms with Crippen molar-refractivity contribution < 1.29 is 45.9 Å². The van der Waals surface area contributed by atoms with Gasteiger partial charge in [0.1, 0.15) is 12.2 Å². The van der Waals surface area contributed by atoms with Gasteiger partial charge in [0, 0.05) is 28.4 Å². The van der Waals surface area contributed by atoms with E-state index in [1.807, 2.05) is 140 Å². The van der Waals surface area contributed by atoms with Crippen molar-refractivity contribution in [1.29, 1.82) is 0 Å². The third-order valence-corrected chi connectivity index (χ3v) is 12.5. The molecule has 0 bridgehead atoms. The van der Waals surface area contributed by atoms with Gasteiger partial charge in [-0.15, -0.1) is 0 Å². The predicted octanol–water partition coefficient (Wildman–Crippen LogP) is 11.8. The summed E-state index contributed by atoms with van der Waals surface area (Å²) < 4.78 is 55.5. The molecule has 0 aromatic heterocycles. The largest absolute Gasteiger partial charge is 0.474 e. The molecule has 0 saturated heterocycles. The zero-order valence-corrected chi connectivity index (χ0v) is 37.4. The Hall–Kier alpha value is -3.30. The van der Waals surface area contributed by atoms with Crippen molar-refractivity contribution in [3.63, 3.8) is 0 Å². The van der Waals surface area contributed by atoms with Crippen LogP contribution in [0.1, 0.15) is 82.1 Å². The number of Topliss-reactive ketones (excluding diaryl/α,β-unsaturated/α-hetero) is 2. The van der Waals surface area contributed by atoms with Crippen molar-refractivity contribution in [2.75, 3.05) is 28.4 Å². The number of carbonyl (C=O) groups is 2. The molecule has 0 radical (unpaired) electrons. The Labute approximate surface area is 335 Å². The highest BCUT2D eigenvalue weighted by Gasteiger charge is 2.43. The molecule has 2 unspecified atom stereocenters. The fourth-order valence-electron chi connectivity index (χ4n) is 6.37. The molecule has 0 saturated carbocycles. The van der Waals surface area contributed by atoms with Crippen LogP contribution in [0.25, 0.3) is 0 Å². The molecule has 2 rings (SSSR count). The highest BCUT2D eigenvalue weighted by molar-refractivity contribution is 7.48. The van der Waals surface area contributed by atoms with Crippen molar-refractivity contribution in [3.05, 3.63) is 130 Å². The Morgan fingerprint density at radius 1 is 0.536 bits per heavy atom. The van der Waals surface area contributed by atoms with Crippen LogP contribution in [0.2, 0.25) is 0 Å². The second-order valence-corrected chi connectivity index (χ2v) is 18.9. The number of hydrogen-bond donors (Lipinski definition) is 0. The van der Waals surface area contributed by atoms with Gasteiger partial charge in [-0.25, -0.2) is 9.13 Å². The molecule has 0 N–H and O–H groups in total. The van der Waals surface area contributed by atoms with E-state index in [1.54, 1.807) is 13.8 Å². The van der Waals surface area contributed by atoms with Gasteiger partial charge in [0.15, 0.2) is 11.6 Å². The molecule has 12 heteroatoms. The number of carbonyl (C=O) groups excluding carboxylic acids is 2. The summed E-state index contributed by atoms with van der Waals surface area (Å²) in [4.78, 5) is 26.1. The summed E-state index contributed by atoms with van der Waals surface area (Å²) in [7, 11) is -2.68. The number of phosphoric acid groups is 2. The molecule has 0 fully saturated rings. The monoisotopic (exact) mass is 812 g/mol. The van der Waals surface area contributed by atoms with Gasteiger partial charge in [0.2, 0.25) is 0 Å². The van der Waals surface area contributed by atoms with Crippen LogP contribution < -0.4 is 0 Å². The third kappa shape index (κ3) is 14.3. The SMILES string of the molecule is COP(=O)(OC)OC1CC(C)(C)C(C=CC(C)=CC=CC(C)=CC=CC=C(C)C=CC=C(C)C=CC2=C(C)C(=O)C(OP(=O)(OC)OC)CC2(C)C)=C(C)C1=O. The van der Waals surface area contributed by atoms with Gasteiger partial charge in [-0.05, 0) is 87.5 Å². The lowest BCUT2D eigenvalue weighted by Gasteiger charge is -2.37. The van der Waals surface area contributed by atoms with Crippen LogP contribution in [0.15, 0.2) is 130 Å². The molecule has 0 spiro atoms. The molecule has 2 aliphatic rings. The Bertz CT molecular complexity index is 1750. The Kier molecular flexibility index (Phi) is 18.7. The zero-order valence-electron chi connectivity index (χ0n) is 35.6. The molecule has 0 aromatic carbocycles. The number of phosphoric ester groups is 2. The number of hydrogen-bond acceptors (Lipinski definition) is 10. The molecule has 2 atom stereocenters. The lowest BCUT2D eigenvalue weighted by molar-refractivity contribution is -0.125. The van der Waals surface area contributed by atoms with E-state index in [0.717, 1.165) is 33.4 Å². The number of ketones is 2. The van der Waals surface area contributed by atoms with Crippen LogP contribution >= 0.6 is 15.6 Å². The van der Waals surface area contributed by atoms with Gasteiger partial charge >= 0.3 is 15.6 Å². The van der Waals surface area contributed by atoms with Crippen LogP contribution in [0, 0.1) is 10.8 Å². The van der Waals surface area contributed by atoms with Crippen LogP contribution in [-0.2, 0) is 45.9 Å². The van der Waals surface area contributed by atoms with Crippen LogP contribution in [0.3, 0.4) is 0 Å². The Balaban J connectivity index is 2.01. The lowest BCUT2D eigenvalue weighted by atomic mass is 9.71. The first-order valence-corrected chi connectivity index (χ1v) is 21.4.